The smallest absolute Gasteiger partial charge is 0.310 e. The Morgan fingerprint density at radius 3 is 3.00 bits per heavy atom. The molecule has 1 aromatic heterocycles. The molecule has 0 saturated heterocycles. The summed E-state index contributed by atoms with van der Waals surface area (Å²) in [6.45, 7) is 5.48. The number of hydrogen-bond donors (Lipinski definition) is 0. The van der Waals surface area contributed by atoms with Crippen LogP contribution in [0.15, 0.2) is 18.2 Å². The molecule has 2 aromatic rings. The molecule has 0 fully saturated rings. The Bertz CT molecular complexity index is 655. The van der Waals surface area contributed by atoms with Gasteiger partial charge in [-0.15, -0.1) is 0 Å². The Labute approximate surface area is 119 Å². The molecule has 0 saturated carbocycles. The fraction of sp³-hybridized carbons (Fsp3) is 0.471. The van der Waals surface area contributed by atoms with Crippen LogP contribution in [0.1, 0.15) is 36.6 Å². The second-order valence-corrected chi connectivity index (χ2v) is 5.47. The lowest BCUT2D eigenvalue weighted by atomic mass is 10.0. The van der Waals surface area contributed by atoms with Crippen LogP contribution in [0.5, 0.6) is 0 Å². The number of rotatable bonds is 3. The number of para-hydroxylation sites is 1. The number of hydrogen-bond acceptors (Lipinski definition) is 2. The summed E-state index contributed by atoms with van der Waals surface area (Å²) < 4.78 is 7.51. The second kappa shape index (κ2) is 5.31. The topological polar surface area (TPSA) is 31.2 Å². The fourth-order valence-corrected chi connectivity index (χ4v) is 3.33. The number of carbonyl (C=O) groups excluding carboxylic acids is 1. The fourth-order valence-electron chi connectivity index (χ4n) is 3.33. The number of aryl methyl sites for hydroxylation is 2. The Morgan fingerprint density at radius 2 is 2.20 bits per heavy atom. The van der Waals surface area contributed by atoms with Gasteiger partial charge in [0.1, 0.15) is 0 Å². The van der Waals surface area contributed by atoms with Crippen molar-refractivity contribution in [3.05, 3.63) is 35.0 Å². The summed E-state index contributed by atoms with van der Waals surface area (Å²) >= 11 is 0. The molecule has 3 nitrogen and oxygen atoms in total. The van der Waals surface area contributed by atoms with Crippen molar-refractivity contribution >= 4 is 16.9 Å². The van der Waals surface area contributed by atoms with Crippen molar-refractivity contribution in [2.24, 2.45) is 0 Å². The van der Waals surface area contributed by atoms with Crippen molar-refractivity contribution in [3.8, 4) is 0 Å². The van der Waals surface area contributed by atoms with Crippen LogP contribution >= 0.6 is 0 Å². The molecule has 1 aromatic carbocycles. The summed E-state index contributed by atoms with van der Waals surface area (Å²) in [5.41, 5.74) is 5.12. The van der Waals surface area contributed by atoms with Crippen LogP contribution in [-0.2, 0) is 28.9 Å². The minimum Gasteiger partial charge on any atom is -0.466 e. The molecule has 0 N–H and O–H groups in total. The van der Waals surface area contributed by atoms with Crippen molar-refractivity contribution in [2.75, 3.05) is 6.61 Å². The summed E-state index contributed by atoms with van der Waals surface area (Å²) in [4.78, 5) is 11.8. The predicted octanol–water partition coefficient (Wildman–Crippen LogP) is 3.39. The maximum Gasteiger partial charge on any atom is 0.310 e. The molecular formula is C17H21NO2. The van der Waals surface area contributed by atoms with Gasteiger partial charge in [-0.05, 0) is 44.2 Å². The van der Waals surface area contributed by atoms with Gasteiger partial charge in [0.05, 0.1) is 18.5 Å². The lowest BCUT2D eigenvalue weighted by Crippen LogP contribution is -2.09. The van der Waals surface area contributed by atoms with Gasteiger partial charge in [-0.3, -0.25) is 4.79 Å². The largest absolute Gasteiger partial charge is 0.466 e. The first-order valence-electron chi connectivity index (χ1n) is 7.47. The molecule has 0 radical (unpaired) electrons. The van der Waals surface area contributed by atoms with Gasteiger partial charge in [0.15, 0.2) is 0 Å². The average molecular weight is 271 g/mol. The van der Waals surface area contributed by atoms with Gasteiger partial charge in [-0.25, -0.2) is 0 Å². The molecule has 1 aliphatic heterocycles. The highest BCUT2D eigenvalue weighted by Gasteiger charge is 2.20. The summed E-state index contributed by atoms with van der Waals surface area (Å²) in [5, 5.41) is 1.23. The highest BCUT2D eigenvalue weighted by molar-refractivity contribution is 5.91. The van der Waals surface area contributed by atoms with Crippen LogP contribution in [0.4, 0.5) is 0 Å². The zero-order valence-electron chi connectivity index (χ0n) is 12.2. The highest BCUT2D eigenvalue weighted by atomic mass is 16.5. The van der Waals surface area contributed by atoms with Gasteiger partial charge in [-0.2, -0.15) is 0 Å². The SMILES string of the molecule is CCOC(=O)Cc1c(C)n2c3c(cccc13)CCCC2. The van der Waals surface area contributed by atoms with E-state index < -0.39 is 0 Å². The van der Waals surface area contributed by atoms with Crippen molar-refractivity contribution < 1.29 is 9.53 Å². The lowest BCUT2D eigenvalue weighted by Gasteiger charge is -2.06. The lowest BCUT2D eigenvalue weighted by molar-refractivity contribution is -0.142. The first kappa shape index (κ1) is 13.2. The molecule has 1 aliphatic rings. The van der Waals surface area contributed by atoms with Gasteiger partial charge in [-0.1, -0.05) is 18.2 Å². The summed E-state index contributed by atoms with van der Waals surface area (Å²) in [6.07, 6.45) is 3.97. The third-order valence-electron chi connectivity index (χ3n) is 4.26. The maximum absolute atomic E-state index is 11.8. The van der Waals surface area contributed by atoms with E-state index in [0.717, 1.165) is 18.5 Å². The molecule has 0 atom stereocenters. The molecule has 0 amide bonds. The zero-order chi connectivity index (χ0) is 14.1. The number of aromatic nitrogens is 1. The molecule has 106 valence electrons. The van der Waals surface area contributed by atoms with E-state index in [-0.39, 0.29) is 5.97 Å². The van der Waals surface area contributed by atoms with Gasteiger partial charge >= 0.3 is 5.97 Å². The molecule has 20 heavy (non-hydrogen) atoms. The van der Waals surface area contributed by atoms with E-state index in [1.54, 1.807) is 0 Å². The van der Waals surface area contributed by atoms with Crippen LogP contribution in [0.25, 0.3) is 10.9 Å². The van der Waals surface area contributed by atoms with Crippen molar-refractivity contribution in [3.63, 3.8) is 0 Å². The zero-order valence-corrected chi connectivity index (χ0v) is 12.2. The Balaban J connectivity index is 2.13. The van der Waals surface area contributed by atoms with E-state index in [9.17, 15) is 4.79 Å². The van der Waals surface area contributed by atoms with Crippen LogP contribution < -0.4 is 0 Å². The Kier molecular flexibility index (Phi) is 3.51. The number of carbonyl (C=O) groups is 1. The van der Waals surface area contributed by atoms with E-state index in [2.05, 4.69) is 29.7 Å². The molecule has 0 unspecified atom stereocenters. The Morgan fingerprint density at radius 1 is 1.35 bits per heavy atom. The second-order valence-electron chi connectivity index (χ2n) is 5.47. The molecule has 2 heterocycles. The molecule has 0 spiro atoms. The van der Waals surface area contributed by atoms with Gasteiger partial charge in [0.25, 0.3) is 0 Å². The van der Waals surface area contributed by atoms with E-state index in [1.165, 1.54) is 35.0 Å². The quantitative estimate of drug-likeness (QED) is 0.801. The number of benzene rings is 1. The van der Waals surface area contributed by atoms with Crippen LogP contribution in [0.3, 0.4) is 0 Å². The minimum atomic E-state index is -0.128. The van der Waals surface area contributed by atoms with E-state index in [4.69, 9.17) is 4.74 Å². The van der Waals surface area contributed by atoms with Gasteiger partial charge in [0, 0.05) is 17.6 Å². The molecule has 3 rings (SSSR count). The average Bonchev–Trinajstić information content (AvgIpc) is 2.62. The van der Waals surface area contributed by atoms with Crippen LogP contribution in [0, 0.1) is 6.92 Å². The minimum absolute atomic E-state index is 0.128. The summed E-state index contributed by atoms with van der Waals surface area (Å²) in [6, 6.07) is 6.47. The summed E-state index contributed by atoms with van der Waals surface area (Å²) in [5.74, 6) is -0.128. The number of ether oxygens (including phenoxy) is 1. The monoisotopic (exact) mass is 271 g/mol. The normalized spacial score (nSPS) is 14.3. The molecule has 0 aliphatic carbocycles. The molecular weight excluding hydrogens is 250 g/mol. The third-order valence-corrected chi connectivity index (χ3v) is 4.26. The van der Waals surface area contributed by atoms with Crippen LogP contribution in [0.2, 0.25) is 0 Å². The van der Waals surface area contributed by atoms with E-state index in [1.807, 2.05) is 6.92 Å². The highest BCUT2D eigenvalue weighted by Crippen LogP contribution is 2.32. The summed E-state index contributed by atoms with van der Waals surface area (Å²) in [7, 11) is 0. The van der Waals surface area contributed by atoms with Crippen molar-refractivity contribution in [1.29, 1.82) is 0 Å². The molecule has 3 heteroatoms. The van der Waals surface area contributed by atoms with E-state index >= 15 is 0 Å². The van der Waals surface area contributed by atoms with Crippen molar-refractivity contribution in [2.45, 2.75) is 46.1 Å². The first-order chi connectivity index (χ1) is 9.72. The maximum atomic E-state index is 11.8. The van der Waals surface area contributed by atoms with Gasteiger partial charge in [0.2, 0.25) is 0 Å². The van der Waals surface area contributed by atoms with Crippen LogP contribution in [-0.4, -0.2) is 17.1 Å². The first-order valence-corrected chi connectivity index (χ1v) is 7.47. The Hall–Kier alpha value is -1.77. The van der Waals surface area contributed by atoms with Gasteiger partial charge < -0.3 is 9.30 Å². The predicted molar refractivity (Wildman–Crippen MR) is 80.0 cm³/mol. The molecule has 0 bridgehead atoms. The van der Waals surface area contributed by atoms with Crippen molar-refractivity contribution in [1.82, 2.24) is 4.57 Å². The standard InChI is InChI=1S/C17H21NO2/c1-3-20-16(19)11-15-12(2)18-10-5-4-7-13-8-6-9-14(15)17(13)18/h6,8-9H,3-5,7,10-11H2,1-2H3. The number of nitrogens with zero attached hydrogens (tertiary/aromatic N) is 1. The number of esters is 1. The third kappa shape index (κ3) is 2.11. The van der Waals surface area contributed by atoms with E-state index in [0.29, 0.717) is 13.0 Å².